The number of hydrogen-bond acceptors (Lipinski definition) is 4. The van der Waals surface area contributed by atoms with Gasteiger partial charge in [0, 0.05) is 26.2 Å². The molecular formula is C19H28FN3O2. The number of nitrogens with zero attached hydrogens (tertiary/aromatic N) is 1. The van der Waals surface area contributed by atoms with Gasteiger partial charge in [0.25, 0.3) is 0 Å². The maximum Gasteiger partial charge on any atom is 0.229 e. The average Bonchev–Trinajstić information content (AvgIpc) is 3.10. The Kier molecular flexibility index (Phi) is 6.04. The number of benzene rings is 1. The van der Waals surface area contributed by atoms with E-state index in [1.165, 1.54) is 12.1 Å². The van der Waals surface area contributed by atoms with Crippen LogP contribution in [-0.4, -0.2) is 43.2 Å². The highest BCUT2D eigenvalue weighted by molar-refractivity contribution is 5.80. The first kappa shape index (κ1) is 18.3. The van der Waals surface area contributed by atoms with Gasteiger partial charge in [0.2, 0.25) is 5.91 Å². The van der Waals surface area contributed by atoms with Crippen LogP contribution in [0.15, 0.2) is 24.3 Å². The number of rotatable bonds is 5. The molecule has 0 aromatic heterocycles. The molecule has 2 atom stereocenters. The zero-order valence-corrected chi connectivity index (χ0v) is 15.0. The summed E-state index contributed by atoms with van der Waals surface area (Å²) in [7, 11) is 0. The summed E-state index contributed by atoms with van der Waals surface area (Å²) in [6, 6.07) is 6.24. The zero-order valence-electron chi connectivity index (χ0n) is 15.0. The first-order valence-electron chi connectivity index (χ1n) is 9.19. The van der Waals surface area contributed by atoms with Gasteiger partial charge in [0.15, 0.2) is 0 Å². The lowest BCUT2D eigenvalue weighted by Gasteiger charge is -2.34. The molecule has 2 fully saturated rings. The Morgan fingerprint density at radius 3 is 2.60 bits per heavy atom. The van der Waals surface area contributed by atoms with Crippen LogP contribution in [0.3, 0.4) is 0 Å². The molecule has 2 saturated heterocycles. The fourth-order valence-electron chi connectivity index (χ4n) is 3.52. The first-order valence-corrected chi connectivity index (χ1v) is 9.19. The number of nitrogens with one attached hydrogen (secondary N) is 2. The van der Waals surface area contributed by atoms with E-state index in [1.807, 2.05) is 4.90 Å². The second kappa shape index (κ2) is 8.25. The molecule has 0 spiro atoms. The van der Waals surface area contributed by atoms with Gasteiger partial charge in [0.1, 0.15) is 5.82 Å². The maximum absolute atomic E-state index is 13.1. The third-order valence-electron chi connectivity index (χ3n) is 4.95. The highest BCUT2D eigenvalue weighted by Gasteiger charge is 2.37. The van der Waals surface area contributed by atoms with Gasteiger partial charge in [-0.1, -0.05) is 26.0 Å². The van der Waals surface area contributed by atoms with Crippen molar-refractivity contribution in [2.24, 2.45) is 11.8 Å². The van der Waals surface area contributed by atoms with Crippen LogP contribution in [0, 0.1) is 17.7 Å². The van der Waals surface area contributed by atoms with Crippen molar-refractivity contribution in [3.05, 3.63) is 35.6 Å². The zero-order chi connectivity index (χ0) is 17.8. The van der Waals surface area contributed by atoms with Gasteiger partial charge in [-0.15, -0.1) is 0 Å². The summed E-state index contributed by atoms with van der Waals surface area (Å²) < 4.78 is 19.0. The Morgan fingerprint density at radius 2 is 1.96 bits per heavy atom. The minimum Gasteiger partial charge on any atom is -0.378 e. The number of likely N-dealkylation sites (tertiary alicyclic amines) is 1. The fourth-order valence-corrected chi connectivity index (χ4v) is 3.52. The number of halogens is 1. The Balaban J connectivity index is 1.56. The molecule has 0 saturated carbocycles. The molecule has 6 heteroatoms. The van der Waals surface area contributed by atoms with Gasteiger partial charge in [-0.2, -0.15) is 0 Å². The lowest BCUT2D eigenvalue weighted by Crippen LogP contribution is -2.45. The van der Waals surface area contributed by atoms with Crippen molar-refractivity contribution in [2.75, 3.05) is 26.2 Å². The Bertz CT molecular complexity index is 571. The lowest BCUT2D eigenvalue weighted by atomic mass is 9.93. The monoisotopic (exact) mass is 349 g/mol. The SMILES string of the molecule is CC(C)COC1CCN(C(=O)C2CNNC2c2ccc(F)cc2)CC1. The number of hydrogen-bond donors (Lipinski definition) is 2. The standard InChI is InChI=1S/C19H28FN3O2/c1-13(2)12-25-16-7-9-23(10-8-16)19(24)17-11-21-22-18(17)14-3-5-15(20)6-4-14/h3-6,13,16-18,21-22H,7-12H2,1-2H3. The molecule has 1 aromatic rings. The van der Waals surface area contributed by atoms with Gasteiger partial charge in [-0.05, 0) is 36.5 Å². The molecule has 1 amide bonds. The summed E-state index contributed by atoms with van der Waals surface area (Å²) >= 11 is 0. The summed E-state index contributed by atoms with van der Waals surface area (Å²) in [5.41, 5.74) is 7.17. The van der Waals surface area contributed by atoms with E-state index in [4.69, 9.17) is 4.74 Å². The number of amides is 1. The lowest BCUT2D eigenvalue weighted by molar-refractivity contribution is -0.138. The Morgan fingerprint density at radius 1 is 1.28 bits per heavy atom. The first-order chi connectivity index (χ1) is 12.0. The predicted molar refractivity (Wildman–Crippen MR) is 94.2 cm³/mol. The van der Waals surface area contributed by atoms with Gasteiger partial charge in [-0.3, -0.25) is 10.2 Å². The number of carbonyl (C=O) groups is 1. The second-order valence-corrected chi connectivity index (χ2v) is 7.41. The van der Waals surface area contributed by atoms with Crippen LogP contribution >= 0.6 is 0 Å². The van der Waals surface area contributed by atoms with Gasteiger partial charge < -0.3 is 9.64 Å². The summed E-state index contributed by atoms with van der Waals surface area (Å²) in [5, 5.41) is 0. The largest absolute Gasteiger partial charge is 0.378 e. The van der Waals surface area contributed by atoms with E-state index in [0.29, 0.717) is 12.5 Å². The van der Waals surface area contributed by atoms with Gasteiger partial charge in [0.05, 0.1) is 18.1 Å². The summed E-state index contributed by atoms with van der Waals surface area (Å²) in [4.78, 5) is 14.9. The molecule has 1 aromatic carbocycles. The van der Waals surface area contributed by atoms with Crippen LogP contribution in [0.5, 0.6) is 0 Å². The van der Waals surface area contributed by atoms with Crippen LogP contribution in [0.1, 0.15) is 38.3 Å². The van der Waals surface area contributed by atoms with E-state index in [-0.39, 0.29) is 29.8 Å². The third kappa shape index (κ3) is 4.57. The van der Waals surface area contributed by atoms with Crippen molar-refractivity contribution in [3.63, 3.8) is 0 Å². The summed E-state index contributed by atoms with van der Waals surface area (Å²) in [5.74, 6) is 0.264. The van der Waals surface area contributed by atoms with E-state index in [9.17, 15) is 9.18 Å². The topological polar surface area (TPSA) is 53.6 Å². The van der Waals surface area contributed by atoms with E-state index < -0.39 is 0 Å². The summed E-state index contributed by atoms with van der Waals surface area (Å²) in [6.07, 6.45) is 2.06. The quantitative estimate of drug-likeness (QED) is 0.856. The maximum atomic E-state index is 13.1. The predicted octanol–water partition coefficient (Wildman–Crippen LogP) is 2.25. The van der Waals surface area contributed by atoms with Crippen LogP contribution in [0.2, 0.25) is 0 Å². The number of piperidine rings is 1. The molecule has 25 heavy (non-hydrogen) atoms. The van der Waals surface area contributed by atoms with E-state index >= 15 is 0 Å². The molecule has 2 heterocycles. The van der Waals surface area contributed by atoms with Gasteiger partial charge >= 0.3 is 0 Å². The Labute approximate surface area is 148 Å². The molecule has 2 aliphatic rings. The minimum absolute atomic E-state index is 0.122. The molecule has 5 nitrogen and oxygen atoms in total. The second-order valence-electron chi connectivity index (χ2n) is 7.41. The van der Waals surface area contributed by atoms with Crippen LogP contribution in [0.25, 0.3) is 0 Å². The molecule has 3 rings (SSSR count). The highest BCUT2D eigenvalue weighted by atomic mass is 19.1. The molecule has 2 unspecified atom stereocenters. The third-order valence-corrected chi connectivity index (χ3v) is 4.95. The van der Waals surface area contributed by atoms with Gasteiger partial charge in [-0.25, -0.2) is 9.82 Å². The van der Waals surface area contributed by atoms with E-state index in [0.717, 1.165) is 38.1 Å². The highest BCUT2D eigenvalue weighted by Crippen LogP contribution is 2.28. The molecule has 0 bridgehead atoms. The molecule has 0 aliphatic carbocycles. The number of ether oxygens (including phenoxy) is 1. The fraction of sp³-hybridized carbons (Fsp3) is 0.632. The van der Waals surface area contributed by atoms with Crippen molar-refractivity contribution in [2.45, 2.75) is 38.8 Å². The van der Waals surface area contributed by atoms with Crippen molar-refractivity contribution < 1.29 is 13.9 Å². The molecule has 0 radical (unpaired) electrons. The number of hydrazine groups is 1. The van der Waals surface area contributed by atoms with Crippen LogP contribution in [-0.2, 0) is 9.53 Å². The molecule has 2 aliphatic heterocycles. The van der Waals surface area contributed by atoms with Crippen molar-refractivity contribution in [1.82, 2.24) is 15.8 Å². The normalized spacial score (nSPS) is 24.9. The molecular weight excluding hydrogens is 321 g/mol. The van der Waals surface area contributed by atoms with Crippen LogP contribution in [0.4, 0.5) is 4.39 Å². The summed E-state index contributed by atoms with van der Waals surface area (Å²) in [6.45, 7) is 7.15. The molecule has 138 valence electrons. The van der Waals surface area contributed by atoms with Crippen molar-refractivity contribution in [3.8, 4) is 0 Å². The van der Waals surface area contributed by atoms with Crippen LogP contribution < -0.4 is 10.9 Å². The van der Waals surface area contributed by atoms with Crippen molar-refractivity contribution >= 4 is 5.91 Å². The number of carbonyl (C=O) groups excluding carboxylic acids is 1. The average molecular weight is 349 g/mol. The van der Waals surface area contributed by atoms with E-state index in [1.54, 1.807) is 12.1 Å². The van der Waals surface area contributed by atoms with Crippen molar-refractivity contribution in [1.29, 1.82) is 0 Å². The smallest absolute Gasteiger partial charge is 0.229 e. The Hall–Kier alpha value is -1.50. The minimum atomic E-state index is -0.263. The van der Waals surface area contributed by atoms with E-state index in [2.05, 4.69) is 24.7 Å². The molecule has 2 N–H and O–H groups in total.